The molecule has 2 N–H and O–H groups in total. The number of aromatic nitrogens is 4. The van der Waals surface area contributed by atoms with Gasteiger partial charge in [-0.1, -0.05) is 0 Å². The number of carbonyl (C=O) groups is 1. The van der Waals surface area contributed by atoms with Crippen LogP contribution in [0.3, 0.4) is 0 Å². The van der Waals surface area contributed by atoms with Gasteiger partial charge in [-0.05, 0) is 51.1 Å². The minimum atomic E-state index is -0.229. The molecule has 0 aliphatic heterocycles. The first-order valence-corrected chi connectivity index (χ1v) is 9.00. The molecule has 0 saturated carbocycles. The molecular formula is C19H17N5OS. The fourth-order valence-corrected chi connectivity index (χ4v) is 3.49. The van der Waals surface area contributed by atoms with Crippen LogP contribution in [0.2, 0.25) is 0 Å². The van der Waals surface area contributed by atoms with Crippen molar-refractivity contribution in [2.45, 2.75) is 20.8 Å². The number of H-pyrrole nitrogens is 1. The van der Waals surface area contributed by atoms with Crippen molar-refractivity contribution in [2.24, 2.45) is 0 Å². The summed E-state index contributed by atoms with van der Waals surface area (Å²) in [4.78, 5) is 23.9. The van der Waals surface area contributed by atoms with E-state index in [1.807, 2.05) is 32.0 Å². The minimum absolute atomic E-state index is 0.229. The van der Waals surface area contributed by atoms with Crippen LogP contribution >= 0.6 is 11.3 Å². The van der Waals surface area contributed by atoms with E-state index < -0.39 is 0 Å². The summed E-state index contributed by atoms with van der Waals surface area (Å²) in [5.41, 5.74) is 4.64. The molecule has 6 nitrogen and oxygen atoms in total. The summed E-state index contributed by atoms with van der Waals surface area (Å²) in [6.45, 7) is 5.89. The van der Waals surface area contributed by atoms with Gasteiger partial charge in [0.05, 0.1) is 33.0 Å². The maximum Gasteiger partial charge on any atom is 0.256 e. The molecule has 0 atom stereocenters. The van der Waals surface area contributed by atoms with Crippen molar-refractivity contribution in [3.8, 4) is 10.6 Å². The Labute approximate surface area is 154 Å². The lowest BCUT2D eigenvalue weighted by atomic mass is 10.1. The van der Waals surface area contributed by atoms with Crippen LogP contribution in [0.5, 0.6) is 0 Å². The highest BCUT2D eigenvalue weighted by molar-refractivity contribution is 7.15. The minimum Gasteiger partial charge on any atom is -0.305 e. The average molecular weight is 363 g/mol. The number of fused-ring (bicyclic) bond motifs is 1. The molecule has 0 fully saturated rings. The largest absolute Gasteiger partial charge is 0.305 e. The van der Waals surface area contributed by atoms with Crippen LogP contribution < -0.4 is 5.32 Å². The molecule has 130 valence electrons. The lowest BCUT2D eigenvalue weighted by Crippen LogP contribution is -2.12. The Morgan fingerprint density at radius 1 is 1.00 bits per heavy atom. The highest BCUT2D eigenvalue weighted by Crippen LogP contribution is 2.27. The number of aromatic amines is 1. The van der Waals surface area contributed by atoms with Crippen LogP contribution in [0.4, 0.5) is 5.82 Å². The van der Waals surface area contributed by atoms with E-state index in [9.17, 15) is 4.79 Å². The second-order valence-corrected chi connectivity index (χ2v) is 7.42. The number of aryl methyl sites for hydroxylation is 3. The molecule has 1 aromatic carbocycles. The Morgan fingerprint density at radius 2 is 1.77 bits per heavy atom. The molecule has 0 unspecified atom stereocenters. The normalized spacial score (nSPS) is 11.0. The lowest BCUT2D eigenvalue weighted by Gasteiger charge is -2.05. The van der Waals surface area contributed by atoms with Crippen molar-refractivity contribution in [3.63, 3.8) is 0 Å². The van der Waals surface area contributed by atoms with Crippen molar-refractivity contribution < 1.29 is 4.79 Å². The van der Waals surface area contributed by atoms with Gasteiger partial charge in [-0.3, -0.25) is 9.89 Å². The molecule has 0 aliphatic rings. The SMILES string of the molecule is Cc1ccc(-c2cc(NC(=O)c3ccc4nc(C)c(C)nc4c3)n[nH]2)s1. The van der Waals surface area contributed by atoms with E-state index in [-0.39, 0.29) is 5.91 Å². The zero-order chi connectivity index (χ0) is 18.3. The fourth-order valence-electron chi connectivity index (χ4n) is 2.65. The number of anilines is 1. The van der Waals surface area contributed by atoms with Crippen LogP contribution in [-0.2, 0) is 0 Å². The maximum absolute atomic E-state index is 12.5. The van der Waals surface area contributed by atoms with E-state index >= 15 is 0 Å². The standard InChI is InChI=1S/C19H17N5OS/c1-10-4-7-17(26-10)16-9-18(24-23-16)22-19(25)13-5-6-14-15(8-13)21-12(3)11(2)20-14/h4-9H,1-3H3,(H2,22,23,24,25). The van der Waals surface area contributed by atoms with E-state index in [1.165, 1.54) is 4.88 Å². The molecule has 0 radical (unpaired) electrons. The average Bonchev–Trinajstić information content (AvgIpc) is 3.24. The van der Waals surface area contributed by atoms with Gasteiger partial charge in [0.15, 0.2) is 5.82 Å². The summed E-state index contributed by atoms with van der Waals surface area (Å²) in [7, 11) is 0. The number of hydrogen-bond donors (Lipinski definition) is 2. The molecular weight excluding hydrogens is 346 g/mol. The number of thiophene rings is 1. The summed E-state index contributed by atoms with van der Waals surface area (Å²) in [6.07, 6.45) is 0. The Bertz CT molecular complexity index is 1130. The first-order valence-electron chi connectivity index (χ1n) is 8.18. The van der Waals surface area contributed by atoms with Crippen LogP contribution in [0, 0.1) is 20.8 Å². The second-order valence-electron chi connectivity index (χ2n) is 6.13. The Balaban J connectivity index is 1.57. The van der Waals surface area contributed by atoms with E-state index in [0.29, 0.717) is 16.9 Å². The van der Waals surface area contributed by atoms with Gasteiger partial charge in [0.25, 0.3) is 5.91 Å². The predicted molar refractivity (Wildman–Crippen MR) is 104 cm³/mol. The molecule has 3 heterocycles. The van der Waals surface area contributed by atoms with Crippen LogP contribution in [0.25, 0.3) is 21.6 Å². The first-order chi connectivity index (χ1) is 12.5. The molecule has 0 saturated heterocycles. The van der Waals surface area contributed by atoms with Crippen LogP contribution in [-0.4, -0.2) is 26.1 Å². The van der Waals surface area contributed by atoms with Gasteiger partial charge in [-0.15, -0.1) is 11.3 Å². The third-order valence-corrected chi connectivity index (χ3v) is 5.20. The first kappa shape index (κ1) is 16.4. The van der Waals surface area contributed by atoms with Gasteiger partial charge >= 0.3 is 0 Å². The molecule has 26 heavy (non-hydrogen) atoms. The monoisotopic (exact) mass is 363 g/mol. The van der Waals surface area contributed by atoms with E-state index in [0.717, 1.165) is 27.5 Å². The molecule has 7 heteroatoms. The van der Waals surface area contributed by atoms with Gasteiger partial charge in [0, 0.05) is 16.5 Å². The molecule has 1 amide bonds. The summed E-state index contributed by atoms with van der Waals surface area (Å²) in [5.74, 6) is 0.259. The summed E-state index contributed by atoms with van der Waals surface area (Å²) in [5, 5.41) is 9.96. The second kappa shape index (κ2) is 6.34. The van der Waals surface area contributed by atoms with E-state index in [2.05, 4.69) is 38.5 Å². The number of nitrogens with one attached hydrogen (secondary N) is 2. The van der Waals surface area contributed by atoms with Crippen molar-refractivity contribution in [1.29, 1.82) is 0 Å². The van der Waals surface area contributed by atoms with Gasteiger partial charge in [-0.2, -0.15) is 5.10 Å². The number of amides is 1. The highest BCUT2D eigenvalue weighted by atomic mass is 32.1. The fraction of sp³-hybridized carbons (Fsp3) is 0.158. The molecule has 0 aliphatic carbocycles. The van der Waals surface area contributed by atoms with Crippen molar-refractivity contribution in [3.05, 3.63) is 58.2 Å². The molecule has 3 aromatic heterocycles. The summed E-state index contributed by atoms with van der Waals surface area (Å²) < 4.78 is 0. The number of hydrogen-bond acceptors (Lipinski definition) is 5. The highest BCUT2D eigenvalue weighted by Gasteiger charge is 2.12. The molecule has 0 bridgehead atoms. The van der Waals surface area contributed by atoms with Gasteiger partial charge in [0.1, 0.15) is 0 Å². The zero-order valence-electron chi connectivity index (χ0n) is 14.6. The van der Waals surface area contributed by atoms with Gasteiger partial charge in [-0.25, -0.2) is 9.97 Å². The molecule has 0 spiro atoms. The van der Waals surface area contributed by atoms with Crippen LogP contribution in [0.1, 0.15) is 26.6 Å². The number of rotatable bonds is 3. The Hall–Kier alpha value is -3.06. The lowest BCUT2D eigenvalue weighted by molar-refractivity contribution is 0.102. The van der Waals surface area contributed by atoms with Crippen LogP contribution in [0.15, 0.2) is 36.4 Å². The number of benzene rings is 1. The number of carbonyl (C=O) groups excluding carboxylic acids is 1. The topological polar surface area (TPSA) is 83.6 Å². The molecule has 4 rings (SSSR count). The third-order valence-electron chi connectivity index (χ3n) is 4.16. The van der Waals surface area contributed by atoms with Crippen molar-refractivity contribution in [1.82, 2.24) is 20.2 Å². The quantitative estimate of drug-likeness (QED) is 0.570. The molecule has 4 aromatic rings. The van der Waals surface area contributed by atoms with E-state index in [1.54, 1.807) is 23.5 Å². The zero-order valence-corrected chi connectivity index (χ0v) is 15.4. The Morgan fingerprint density at radius 3 is 2.50 bits per heavy atom. The smallest absolute Gasteiger partial charge is 0.256 e. The predicted octanol–water partition coefficient (Wildman–Crippen LogP) is 4.26. The summed E-state index contributed by atoms with van der Waals surface area (Å²) in [6, 6.07) is 11.2. The number of nitrogens with zero attached hydrogens (tertiary/aromatic N) is 3. The maximum atomic E-state index is 12.5. The van der Waals surface area contributed by atoms with Crippen molar-refractivity contribution >= 4 is 34.1 Å². The third kappa shape index (κ3) is 3.09. The van der Waals surface area contributed by atoms with Gasteiger partial charge < -0.3 is 5.32 Å². The van der Waals surface area contributed by atoms with E-state index in [4.69, 9.17) is 0 Å². The van der Waals surface area contributed by atoms with Gasteiger partial charge in [0.2, 0.25) is 0 Å². The van der Waals surface area contributed by atoms with Crippen molar-refractivity contribution in [2.75, 3.05) is 5.32 Å². The summed E-state index contributed by atoms with van der Waals surface area (Å²) >= 11 is 1.67. The Kier molecular flexibility index (Phi) is 4.00.